The number of nitrogens with zero attached hydrogens (tertiary/aromatic N) is 1. The minimum Gasteiger partial charge on any atom is -0.354 e. The Kier molecular flexibility index (Phi) is 3.19. The predicted molar refractivity (Wildman–Crippen MR) is 63.9 cm³/mol. The average Bonchev–Trinajstić information content (AvgIpc) is 2.57. The summed E-state index contributed by atoms with van der Waals surface area (Å²) in [6, 6.07) is 1.35. The maximum Gasteiger partial charge on any atom is 0.330 e. The SMILES string of the molecule is CC[C@@H]1O[C@H](n2ccc(=O)[nH]c2=O)C(C)C1C. The zero-order valence-corrected chi connectivity index (χ0v) is 10.3. The molecule has 1 aromatic rings. The molecule has 0 aliphatic carbocycles. The summed E-state index contributed by atoms with van der Waals surface area (Å²) in [6.07, 6.45) is 2.33. The molecule has 1 N–H and O–H groups in total. The van der Waals surface area contributed by atoms with Crippen molar-refractivity contribution >= 4 is 0 Å². The summed E-state index contributed by atoms with van der Waals surface area (Å²) in [6.45, 7) is 6.28. The first-order valence-electron chi connectivity index (χ1n) is 6.01. The highest BCUT2D eigenvalue weighted by Gasteiger charge is 2.39. The van der Waals surface area contributed by atoms with E-state index in [1.54, 1.807) is 0 Å². The summed E-state index contributed by atoms with van der Waals surface area (Å²) in [5.74, 6) is 0.660. The van der Waals surface area contributed by atoms with Gasteiger partial charge in [-0.05, 0) is 12.3 Å². The monoisotopic (exact) mass is 238 g/mol. The number of hydrogen-bond acceptors (Lipinski definition) is 3. The lowest BCUT2D eigenvalue weighted by molar-refractivity contribution is -0.0168. The van der Waals surface area contributed by atoms with Gasteiger partial charge in [-0.3, -0.25) is 14.3 Å². The van der Waals surface area contributed by atoms with Crippen molar-refractivity contribution in [3.05, 3.63) is 33.1 Å². The lowest BCUT2D eigenvalue weighted by atomic mass is 9.91. The zero-order valence-electron chi connectivity index (χ0n) is 10.3. The number of aromatic amines is 1. The first kappa shape index (κ1) is 12.1. The number of H-pyrrole nitrogens is 1. The van der Waals surface area contributed by atoms with Crippen molar-refractivity contribution in [3.63, 3.8) is 0 Å². The quantitative estimate of drug-likeness (QED) is 0.839. The van der Waals surface area contributed by atoms with E-state index in [0.29, 0.717) is 5.92 Å². The Balaban J connectivity index is 2.35. The van der Waals surface area contributed by atoms with Crippen LogP contribution in [0.3, 0.4) is 0 Å². The molecule has 0 radical (unpaired) electrons. The van der Waals surface area contributed by atoms with Crippen LogP contribution in [0, 0.1) is 11.8 Å². The van der Waals surface area contributed by atoms with E-state index in [4.69, 9.17) is 4.74 Å². The first-order valence-corrected chi connectivity index (χ1v) is 6.01. The Labute approximate surface area is 99.4 Å². The molecule has 5 nitrogen and oxygen atoms in total. The van der Waals surface area contributed by atoms with Crippen LogP contribution in [0.1, 0.15) is 33.4 Å². The Bertz CT molecular complexity index is 505. The molecule has 0 amide bonds. The first-order chi connectivity index (χ1) is 8.04. The Morgan fingerprint density at radius 3 is 2.59 bits per heavy atom. The lowest BCUT2D eigenvalue weighted by Gasteiger charge is -2.18. The fourth-order valence-corrected chi connectivity index (χ4v) is 2.44. The highest BCUT2D eigenvalue weighted by molar-refractivity contribution is 4.89. The summed E-state index contributed by atoms with van der Waals surface area (Å²) in [5.41, 5.74) is -0.782. The van der Waals surface area contributed by atoms with Crippen molar-refractivity contribution in [2.75, 3.05) is 0 Å². The molecule has 94 valence electrons. The van der Waals surface area contributed by atoms with Crippen molar-refractivity contribution in [2.24, 2.45) is 11.8 Å². The fourth-order valence-electron chi connectivity index (χ4n) is 2.44. The minimum atomic E-state index is -0.404. The van der Waals surface area contributed by atoms with E-state index in [1.165, 1.54) is 16.8 Å². The van der Waals surface area contributed by atoms with Crippen molar-refractivity contribution in [1.29, 1.82) is 0 Å². The van der Waals surface area contributed by atoms with Crippen LogP contribution in [0.2, 0.25) is 0 Å². The van der Waals surface area contributed by atoms with Crippen LogP contribution in [0.4, 0.5) is 0 Å². The van der Waals surface area contributed by atoms with Crippen LogP contribution >= 0.6 is 0 Å². The van der Waals surface area contributed by atoms with Gasteiger partial charge in [0, 0.05) is 18.2 Å². The van der Waals surface area contributed by atoms with Crippen molar-refractivity contribution in [2.45, 2.75) is 39.5 Å². The van der Waals surface area contributed by atoms with Crippen LogP contribution in [0.15, 0.2) is 21.9 Å². The van der Waals surface area contributed by atoms with Gasteiger partial charge in [-0.2, -0.15) is 0 Å². The molecule has 1 aliphatic rings. The van der Waals surface area contributed by atoms with Crippen LogP contribution < -0.4 is 11.2 Å². The normalized spacial score (nSPS) is 32.9. The molecule has 1 aliphatic heterocycles. The van der Waals surface area contributed by atoms with Crippen LogP contribution in [0.5, 0.6) is 0 Å². The molecule has 0 saturated carbocycles. The molecule has 2 heterocycles. The largest absolute Gasteiger partial charge is 0.354 e. The summed E-state index contributed by atoms with van der Waals surface area (Å²) >= 11 is 0. The molecule has 2 unspecified atom stereocenters. The molecule has 2 rings (SSSR count). The standard InChI is InChI=1S/C12H18N2O3/c1-4-9-7(2)8(3)11(17-9)14-6-5-10(15)13-12(14)16/h5-9,11H,4H2,1-3H3,(H,13,15,16)/t7?,8?,9-,11-/m0/s1. The number of rotatable bonds is 2. The van der Waals surface area contributed by atoms with Crippen LogP contribution in [-0.2, 0) is 4.74 Å². The molecule has 1 saturated heterocycles. The van der Waals surface area contributed by atoms with E-state index < -0.39 is 5.69 Å². The summed E-state index contributed by atoms with van der Waals surface area (Å²) in [7, 11) is 0. The Morgan fingerprint density at radius 1 is 1.35 bits per heavy atom. The number of hydrogen-bond donors (Lipinski definition) is 1. The van der Waals surface area contributed by atoms with Gasteiger partial charge in [-0.25, -0.2) is 4.79 Å². The van der Waals surface area contributed by atoms with E-state index in [-0.39, 0.29) is 23.8 Å². The zero-order chi connectivity index (χ0) is 12.6. The smallest absolute Gasteiger partial charge is 0.330 e. The van der Waals surface area contributed by atoms with E-state index in [1.807, 2.05) is 0 Å². The van der Waals surface area contributed by atoms with Crippen LogP contribution in [-0.4, -0.2) is 15.7 Å². The average molecular weight is 238 g/mol. The third-order valence-corrected chi connectivity index (χ3v) is 3.71. The summed E-state index contributed by atoms with van der Waals surface area (Å²) in [5, 5.41) is 0. The summed E-state index contributed by atoms with van der Waals surface area (Å²) < 4.78 is 7.35. The Morgan fingerprint density at radius 2 is 2.06 bits per heavy atom. The second-order valence-corrected chi connectivity index (χ2v) is 4.71. The molecule has 1 fully saturated rings. The molecule has 0 bridgehead atoms. The lowest BCUT2D eigenvalue weighted by Crippen LogP contribution is -2.33. The van der Waals surface area contributed by atoms with Gasteiger partial charge >= 0.3 is 5.69 Å². The molecular formula is C12H18N2O3. The topological polar surface area (TPSA) is 64.1 Å². The van der Waals surface area contributed by atoms with E-state index in [9.17, 15) is 9.59 Å². The third-order valence-electron chi connectivity index (χ3n) is 3.71. The van der Waals surface area contributed by atoms with Gasteiger partial charge in [0.1, 0.15) is 6.23 Å². The molecule has 4 atom stereocenters. The van der Waals surface area contributed by atoms with Gasteiger partial charge < -0.3 is 4.74 Å². The molecule has 1 aromatic heterocycles. The van der Waals surface area contributed by atoms with E-state index in [2.05, 4.69) is 25.8 Å². The number of aromatic nitrogens is 2. The maximum absolute atomic E-state index is 11.7. The van der Waals surface area contributed by atoms with E-state index in [0.717, 1.165) is 6.42 Å². The maximum atomic E-state index is 11.7. The van der Waals surface area contributed by atoms with Gasteiger partial charge in [-0.1, -0.05) is 20.8 Å². The molecule has 5 heteroatoms. The van der Waals surface area contributed by atoms with E-state index >= 15 is 0 Å². The molecule has 17 heavy (non-hydrogen) atoms. The predicted octanol–water partition coefficient (Wildman–Crippen LogP) is 1.12. The van der Waals surface area contributed by atoms with Crippen LogP contribution in [0.25, 0.3) is 0 Å². The van der Waals surface area contributed by atoms with Gasteiger partial charge in [-0.15, -0.1) is 0 Å². The minimum absolute atomic E-state index is 0.175. The third kappa shape index (κ3) is 2.07. The number of ether oxygens (including phenoxy) is 1. The number of nitrogens with one attached hydrogen (secondary N) is 1. The van der Waals surface area contributed by atoms with Gasteiger partial charge in [0.2, 0.25) is 0 Å². The van der Waals surface area contributed by atoms with Crippen molar-refractivity contribution in [1.82, 2.24) is 9.55 Å². The second kappa shape index (κ2) is 4.49. The molecular weight excluding hydrogens is 220 g/mol. The van der Waals surface area contributed by atoms with Crippen molar-refractivity contribution < 1.29 is 4.74 Å². The fraction of sp³-hybridized carbons (Fsp3) is 0.667. The van der Waals surface area contributed by atoms with Gasteiger partial charge in [0.05, 0.1) is 6.10 Å². The second-order valence-electron chi connectivity index (χ2n) is 4.71. The highest BCUT2D eigenvalue weighted by atomic mass is 16.5. The summed E-state index contributed by atoms with van der Waals surface area (Å²) in [4.78, 5) is 25.0. The molecule has 0 aromatic carbocycles. The molecule has 0 spiro atoms. The van der Waals surface area contributed by atoms with Crippen molar-refractivity contribution in [3.8, 4) is 0 Å². The van der Waals surface area contributed by atoms with Gasteiger partial charge in [0.15, 0.2) is 0 Å². The highest BCUT2D eigenvalue weighted by Crippen LogP contribution is 2.38. The Hall–Kier alpha value is -1.36. The van der Waals surface area contributed by atoms with Gasteiger partial charge in [0.25, 0.3) is 5.56 Å².